The fourth-order valence-corrected chi connectivity index (χ4v) is 2.97. The van der Waals surface area contributed by atoms with E-state index in [4.69, 9.17) is 0 Å². The Morgan fingerprint density at radius 3 is 2.46 bits per heavy atom. The molecule has 24 heavy (non-hydrogen) atoms. The second kappa shape index (κ2) is 8.29. The maximum absolute atomic E-state index is 12.7. The van der Waals surface area contributed by atoms with Gasteiger partial charge in [0.1, 0.15) is 6.04 Å². The molecule has 2 rings (SSSR count). The smallest absolute Gasteiger partial charge is 0.251 e. The SMILES string of the molecule is Cc1ccc(C(=O)NC(C(=O)NC2CCNCC2C)C(C)C)cc1. The highest BCUT2D eigenvalue weighted by Gasteiger charge is 2.29. The Hall–Kier alpha value is -1.88. The Bertz CT molecular complexity index is 568. The molecule has 132 valence electrons. The van der Waals surface area contributed by atoms with E-state index in [0.29, 0.717) is 11.5 Å². The summed E-state index contributed by atoms with van der Waals surface area (Å²) in [5.74, 6) is 0.117. The van der Waals surface area contributed by atoms with Crippen LogP contribution in [0.1, 0.15) is 43.1 Å². The Morgan fingerprint density at radius 2 is 1.88 bits per heavy atom. The largest absolute Gasteiger partial charge is 0.351 e. The van der Waals surface area contributed by atoms with Crippen LogP contribution in [-0.4, -0.2) is 37.0 Å². The lowest BCUT2D eigenvalue weighted by Gasteiger charge is -2.32. The Labute approximate surface area is 144 Å². The summed E-state index contributed by atoms with van der Waals surface area (Å²) in [7, 11) is 0. The fourth-order valence-electron chi connectivity index (χ4n) is 2.97. The monoisotopic (exact) mass is 331 g/mol. The first-order valence-corrected chi connectivity index (χ1v) is 8.77. The molecule has 1 saturated heterocycles. The van der Waals surface area contributed by atoms with Crippen molar-refractivity contribution in [3.8, 4) is 0 Å². The van der Waals surface area contributed by atoms with Crippen molar-refractivity contribution in [2.24, 2.45) is 11.8 Å². The van der Waals surface area contributed by atoms with Gasteiger partial charge in [0.15, 0.2) is 0 Å². The van der Waals surface area contributed by atoms with E-state index in [9.17, 15) is 9.59 Å². The molecule has 3 N–H and O–H groups in total. The number of rotatable bonds is 5. The molecule has 3 atom stereocenters. The molecule has 0 aromatic heterocycles. The van der Waals surface area contributed by atoms with Gasteiger partial charge in [-0.25, -0.2) is 0 Å². The topological polar surface area (TPSA) is 70.2 Å². The van der Waals surface area contributed by atoms with Crippen LogP contribution in [0.2, 0.25) is 0 Å². The van der Waals surface area contributed by atoms with Crippen LogP contribution >= 0.6 is 0 Å². The summed E-state index contributed by atoms with van der Waals surface area (Å²) in [6, 6.07) is 7.01. The van der Waals surface area contributed by atoms with Gasteiger partial charge in [-0.1, -0.05) is 38.5 Å². The van der Waals surface area contributed by atoms with Crippen molar-refractivity contribution in [3.05, 3.63) is 35.4 Å². The Balaban J connectivity index is 2.01. The second-order valence-electron chi connectivity index (χ2n) is 7.15. The molecule has 1 aromatic carbocycles. The van der Waals surface area contributed by atoms with Gasteiger partial charge in [0.2, 0.25) is 5.91 Å². The van der Waals surface area contributed by atoms with Crippen molar-refractivity contribution in [2.75, 3.05) is 13.1 Å². The number of piperidine rings is 1. The van der Waals surface area contributed by atoms with E-state index in [1.807, 2.05) is 32.9 Å². The highest BCUT2D eigenvalue weighted by Crippen LogP contribution is 2.12. The molecule has 0 saturated carbocycles. The van der Waals surface area contributed by atoms with Gasteiger partial charge >= 0.3 is 0 Å². The van der Waals surface area contributed by atoms with E-state index in [0.717, 1.165) is 25.1 Å². The molecule has 1 aliphatic heterocycles. The zero-order valence-electron chi connectivity index (χ0n) is 15.1. The lowest BCUT2D eigenvalue weighted by Crippen LogP contribution is -2.55. The molecule has 5 heteroatoms. The third kappa shape index (κ3) is 4.81. The first kappa shape index (κ1) is 18.5. The Kier molecular flexibility index (Phi) is 6.37. The van der Waals surface area contributed by atoms with E-state index in [1.54, 1.807) is 12.1 Å². The van der Waals surface area contributed by atoms with E-state index < -0.39 is 6.04 Å². The van der Waals surface area contributed by atoms with Gasteiger partial charge in [-0.2, -0.15) is 0 Å². The van der Waals surface area contributed by atoms with E-state index in [-0.39, 0.29) is 23.8 Å². The molecular formula is C19H29N3O2. The van der Waals surface area contributed by atoms with E-state index in [1.165, 1.54) is 0 Å². The number of benzene rings is 1. The van der Waals surface area contributed by atoms with Gasteiger partial charge in [0.25, 0.3) is 5.91 Å². The van der Waals surface area contributed by atoms with Crippen molar-refractivity contribution < 1.29 is 9.59 Å². The van der Waals surface area contributed by atoms with Gasteiger partial charge in [-0.15, -0.1) is 0 Å². The number of carbonyl (C=O) groups is 2. The van der Waals surface area contributed by atoms with Crippen LogP contribution in [0, 0.1) is 18.8 Å². The minimum Gasteiger partial charge on any atom is -0.351 e. The number of amides is 2. The van der Waals surface area contributed by atoms with E-state index in [2.05, 4.69) is 22.9 Å². The maximum Gasteiger partial charge on any atom is 0.251 e. The second-order valence-corrected chi connectivity index (χ2v) is 7.15. The molecule has 5 nitrogen and oxygen atoms in total. The first-order valence-electron chi connectivity index (χ1n) is 8.77. The summed E-state index contributed by atoms with van der Waals surface area (Å²) in [5, 5.41) is 9.34. The third-order valence-corrected chi connectivity index (χ3v) is 4.66. The molecule has 1 aliphatic rings. The first-order chi connectivity index (χ1) is 11.4. The minimum absolute atomic E-state index is 0.0245. The molecule has 1 heterocycles. The summed E-state index contributed by atoms with van der Waals surface area (Å²) in [6.07, 6.45) is 0.920. The Morgan fingerprint density at radius 1 is 1.21 bits per heavy atom. The van der Waals surface area contributed by atoms with Crippen LogP contribution in [0.15, 0.2) is 24.3 Å². The van der Waals surface area contributed by atoms with Crippen molar-refractivity contribution >= 4 is 11.8 Å². The molecule has 0 radical (unpaired) electrons. The number of aryl methyl sites for hydroxylation is 1. The zero-order valence-corrected chi connectivity index (χ0v) is 15.1. The number of carbonyl (C=O) groups excluding carboxylic acids is 2. The highest BCUT2D eigenvalue weighted by molar-refractivity contribution is 5.97. The van der Waals surface area contributed by atoms with Crippen molar-refractivity contribution in [1.82, 2.24) is 16.0 Å². The van der Waals surface area contributed by atoms with Crippen LogP contribution in [0.4, 0.5) is 0 Å². The standard InChI is InChI=1S/C19H29N3O2/c1-12(2)17(19(24)21-16-9-10-20-11-14(16)4)22-18(23)15-7-5-13(3)6-8-15/h5-8,12,14,16-17,20H,9-11H2,1-4H3,(H,21,24)(H,22,23). The normalized spacial score (nSPS) is 22.0. The minimum atomic E-state index is -0.527. The van der Waals surface area contributed by atoms with Crippen LogP contribution < -0.4 is 16.0 Å². The maximum atomic E-state index is 12.7. The quantitative estimate of drug-likeness (QED) is 0.771. The lowest BCUT2D eigenvalue weighted by molar-refractivity contribution is -0.125. The van der Waals surface area contributed by atoms with Crippen molar-refractivity contribution in [2.45, 2.75) is 46.2 Å². The van der Waals surface area contributed by atoms with Gasteiger partial charge < -0.3 is 16.0 Å². The number of nitrogens with one attached hydrogen (secondary N) is 3. The number of hydrogen-bond donors (Lipinski definition) is 3. The van der Waals surface area contributed by atoms with Crippen molar-refractivity contribution in [1.29, 1.82) is 0 Å². The molecule has 0 bridgehead atoms. The molecule has 0 spiro atoms. The summed E-state index contributed by atoms with van der Waals surface area (Å²) < 4.78 is 0. The molecule has 1 aromatic rings. The fraction of sp³-hybridized carbons (Fsp3) is 0.579. The third-order valence-electron chi connectivity index (χ3n) is 4.66. The molecule has 0 aliphatic carbocycles. The van der Waals surface area contributed by atoms with Crippen molar-refractivity contribution in [3.63, 3.8) is 0 Å². The average molecular weight is 331 g/mol. The van der Waals surface area contributed by atoms with Gasteiger partial charge in [0.05, 0.1) is 0 Å². The van der Waals surface area contributed by atoms with Crippen LogP contribution in [0.25, 0.3) is 0 Å². The average Bonchev–Trinajstić information content (AvgIpc) is 2.54. The van der Waals surface area contributed by atoms with Crippen LogP contribution in [-0.2, 0) is 4.79 Å². The molecule has 1 fully saturated rings. The molecular weight excluding hydrogens is 302 g/mol. The predicted molar refractivity (Wildman–Crippen MR) is 95.9 cm³/mol. The molecule has 3 unspecified atom stereocenters. The van der Waals surface area contributed by atoms with Gasteiger partial charge in [-0.3, -0.25) is 9.59 Å². The predicted octanol–water partition coefficient (Wildman–Crippen LogP) is 1.86. The lowest BCUT2D eigenvalue weighted by atomic mass is 9.94. The van der Waals surface area contributed by atoms with Crippen LogP contribution in [0.5, 0.6) is 0 Å². The summed E-state index contributed by atoms with van der Waals surface area (Å²) in [4.78, 5) is 25.1. The number of hydrogen-bond acceptors (Lipinski definition) is 3. The van der Waals surface area contributed by atoms with E-state index >= 15 is 0 Å². The molecule has 2 amide bonds. The zero-order chi connectivity index (χ0) is 17.7. The van der Waals surface area contributed by atoms with Gasteiger partial charge in [0, 0.05) is 11.6 Å². The highest BCUT2D eigenvalue weighted by atomic mass is 16.2. The summed E-state index contributed by atoms with van der Waals surface area (Å²) >= 11 is 0. The summed E-state index contributed by atoms with van der Waals surface area (Å²) in [5.41, 5.74) is 1.68. The van der Waals surface area contributed by atoms with Gasteiger partial charge in [-0.05, 0) is 50.4 Å². The van der Waals surface area contributed by atoms with Crippen LogP contribution in [0.3, 0.4) is 0 Å². The summed E-state index contributed by atoms with van der Waals surface area (Å²) in [6.45, 7) is 9.83.